The van der Waals surface area contributed by atoms with E-state index in [0.29, 0.717) is 5.92 Å². The lowest BCUT2D eigenvalue weighted by Gasteiger charge is -2.17. The lowest BCUT2D eigenvalue weighted by atomic mass is 10.1. The van der Waals surface area contributed by atoms with E-state index in [1.807, 2.05) is 12.1 Å². The third-order valence-electron chi connectivity index (χ3n) is 3.56. The number of hydrogen-bond donors (Lipinski definition) is 1. The van der Waals surface area contributed by atoms with Gasteiger partial charge in [-0.3, -0.25) is 0 Å². The molecule has 1 aromatic rings. The molecule has 0 fully saturated rings. The van der Waals surface area contributed by atoms with Gasteiger partial charge in [0.2, 0.25) is 0 Å². The van der Waals surface area contributed by atoms with Crippen LogP contribution in [-0.2, 0) is 11.2 Å². The van der Waals surface area contributed by atoms with Crippen LogP contribution in [0.15, 0.2) is 18.2 Å². The van der Waals surface area contributed by atoms with Gasteiger partial charge in [0.05, 0.1) is 19.3 Å². The fourth-order valence-electron chi connectivity index (χ4n) is 2.36. The van der Waals surface area contributed by atoms with E-state index in [0.717, 1.165) is 25.2 Å². The average Bonchev–Trinajstić information content (AvgIpc) is 2.66. The molecule has 0 radical (unpaired) electrons. The van der Waals surface area contributed by atoms with Crippen LogP contribution in [0, 0.1) is 5.92 Å². The zero-order valence-electron chi connectivity index (χ0n) is 11.5. The second-order valence-corrected chi connectivity index (χ2v) is 5.39. The summed E-state index contributed by atoms with van der Waals surface area (Å²) in [5.74, 6) is 1.54. The zero-order valence-corrected chi connectivity index (χ0v) is 11.5. The number of hydrogen-bond acceptors (Lipinski definition) is 3. The summed E-state index contributed by atoms with van der Waals surface area (Å²) in [6, 6.07) is 6.09. The Labute approximate surface area is 109 Å². The third-order valence-corrected chi connectivity index (χ3v) is 3.56. The molecule has 1 aliphatic carbocycles. The van der Waals surface area contributed by atoms with Crippen LogP contribution in [0.3, 0.4) is 0 Å². The van der Waals surface area contributed by atoms with Gasteiger partial charge in [-0.1, -0.05) is 19.9 Å². The molecule has 3 nitrogen and oxygen atoms in total. The topological polar surface area (TPSA) is 44.5 Å². The highest BCUT2D eigenvalue weighted by atomic mass is 16.5. The molecule has 0 saturated heterocycles. The second kappa shape index (κ2) is 5.72. The van der Waals surface area contributed by atoms with Crippen molar-refractivity contribution < 1.29 is 9.47 Å². The Balaban J connectivity index is 1.99. The van der Waals surface area contributed by atoms with E-state index in [1.54, 1.807) is 7.11 Å². The van der Waals surface area contributed by atoms with E-state index in [2.05, 4.69) is 19.9 Å². The first-order valence-electron chi connectivity index (χ1n) is 6.65. The quantitative estimate of drug-likeness (QED) is 0.872. The van der Waals surface area contributed by atoms with Crippen molar-refractivity contribution in [3.8, 4) is 5.75 Å². The molecule has 0 bridgehead atoms. The van der Waals surface area contributed by atoms with E-state index >= 15 is 0 Å². The molecule has 18 heavy (non-hydrogen) atoms. The number of nitrogens with two attached hydrogens (primary N) is 1. The Bertz CT molecular complexity index is 403. The van der Waals surface area contributed by atoms with Crippen LogP contribution in [0.5, 0.6) is 5.75 Å². The summed E-state index contributed by atoms with van der Waals surface area (Å²) in [7, 11) is 1.68. The van der Waals surface area contributed by atoms with Gasteiger partial charge < -0.3 is 15.2 Å². The van der Waals surface area contributed by atoms with Crippen LogP contribution >= 0.6 is 0 Å². The SMILES string of the molecule is COc1ccc2c(c1)C(N)C(OCCC(C)C)C2. The number of fused-ring (bicyclic) bond motifs is 1. The smallest absolute Gasteiger partial charge is 0.119 e. The lowest BCUT2D eigenvalue weighted by Crippen LogP contribution is -2.25. The summed E-state index contributed by atoms with van der Waals surface area (Å²) in [6.07, 6.45) is 2.12. The molecule has 2 rings (SSSR count). The first-order chi connectivity index (χ1) is 8.61. The fourth-order valence-corrected chi connectivity index (χ4v) is 2.36. The molecular formula is C15H23NO2. The van der Waals surface area contributed by atoms with Crippen molar-refractivity contribution >= 4 is 0 Å². The first kappa shape index (κ1) is 13.4. The Morgan fingerprint density at radius 3 is 2.83 bits per heavy atom. The summed E-state index contributed by atoms with van der Waals surface area (Å²) in [5.41, 5.74) is 8.71. The monoisotopic (exact) mass is 249 g/mol. The minimum absolute atomic E-state index is 0.0257. The molecule has 0 aliphatic heterocycles. The predicted octanol–water partition coefficient (Wildman–Crippen LogP) is 2.68. The molecule has 0 heterocycles. The normalized spacial score (nSPS) is 22.3. The van der Waals surface area contributed by atoms with Crippen LogP contribution in [0.4, 0.5) is 0 Å². The molecule has 1 aromatic carbocycles. The summed E-state index contributed by atoms with van der Waals surface area (Å²) in [6.45, 7) is 5.20. The van der Waals surface area contributed by atoms with Gasteiger partial charge in [0.25, 0.3) is 0 Å². The van der Waals surface area contributed by atoms with E-state index < -0.39 is 0 Å². The average molecular weight is 249 g/mol. The molecule has 2 unspecified atom stereocenters. The third kappa shape index (κ3) is 2.85. The van der Waals surface area contributed by atoms with E-state index in [-0.39, 0.29) is 12.1 Å². The maximum absolute atomic E-state index is 6.25. The molecule has 3 heteroatoms. The number of ether oxygens (including phenoxy) is 2. The standard InChI is InChI=1S/C15H23NO2/c1-10(2)6-7-18-14-8-11-4-5-12(17-3)9-13(11)15(14)16/h4-5,9-10,14-15H,6-8,16H2,1-3H3. The second-order valence-electron chi connectivity index (χ2n) is 5.39. The highest BCUT2D eigenvalue weighted by Gasteiger charge is 2.30. The summed E-state index contributed by atoms with van der Waals surface area (Å²) >= 11 is 0. The van der Waals surface area contributed by atoms with Crippen molar-refractivity contribution in [2.45, 2.75) is 38.8 Å². The lowest BCUT2D eigenvalue weighted by molar-refractivity contribution is 0.0374. The number of benzene rings is 1. The molecule has 1 aliphatic rings. The summed E-state index contributed by atoms with van der Waals surface area (Å²) in [4.78, 5) is 0. The van der Waals surface area contributed by atoms with Crippen LogP contribution in [0.1, 0.15) is 37.4 Å². The predicted molar refractivity (Wildman–Crippen MR) is 72.8 cm³/mol. The molecule has 2 atom stereocenters. The minimum Gasteiger partial charge on any atom is -0.497 e. The van der Waals surface area contributed by atoms with E-state index in [4.69, 9.17) is 15.2 Å². The molecular weight excluding hydrogens is 226 g/mol. The van der Waals surface area contributed by atoms with Crippen molar-refractivity contribution in [2.75, 3.05) is 13.7 Å². The Morgan fingerprint density at radius 1 is 1.39 bits per heavy atom. The minimum atomic E-state index is -0.0257. The first-order valence-corrected chi connectivity index (χ1v) is 6.65. The number of rotatable bonds is 5. The molecule has 0 amide bonds. The van der Waals surface area contributed by atoms with Crippen LogP contribution in [-0.4, -0.2) is 19.8 Å². The van der Waals surface area contributed by atoms with Crippen LogP contribution in [0.25, 0.3) is 0 Å². The number of methoxy groups -OCH3 is 1. The Morgan fingerprint density at radius 2 is 2.17 bits per heavy atom. The van der Waals surface area contributed by atoms with Crippen molar-refractivity contribution in [3.63, 3.8) is 0 Å². The van der Waals surface area contributed by atoms with Gasteiger partial charge in [0.15, 0.2) is 0 Å². The molecule has 2 N–H and O–H groups in total. The zero-order chi connectivity index (χ0) is 13.1. The van der Waals surface area contributed by atoms with Crippen molar-refractivity contribution in [1.82, 2.24) is 0 Å². The van der Waals surface area contributed by atoms with Gasteiger partial charge in [-0.25, -0.2) is 0 Å². The van der Waals surface area contributed by atoms with Crippen molar-refractivity contribution in [2.24, 2.45) is 11.7 Å². The van der Waals surface area contributed by atoms with Crippen molar-refractivity contribution in [1.29, 1.82) is 0 Å². The van der Waals surface area contributed by atoms with Gasteiger partial charge >= 0.3 is 0 Å². The maximum atomic E-state index is 6.25. The van der Waals surface area contributed by atoms with E-state index in [9.17, 15) is 0 Å². The summed E-state index contributed by atoms with van der Waals surface area (Å²) in [5, 5.41) is 0. The fraction of sp³-hybridized carbons (Fsp3) is 0.600. The van der Waals surface area contributed by atoms with E-state index in [1.165, 1.54) is 11.1 Å². The van der Waals surface area contributed by atoms with Crippen LogP contribution in [0.2, 0.25) is 0 Å². The van der Waals surface area contributed by atoms with Crippen LogP contribution < -0.4 is 10.5 Å². The van der Waals surface area contributed by atoms with Gasteiger partial charge in [0.1, 0.15) is 5.75 Å². The maximum Gasteiger partial charge on any atom is 0.119 e. The Kier molecular flexibility index (Phi) is 4.25. The summed E-state index contributed by atoms with van der Waals surface area (Å²) < 4.78 is 11.2. The van der Waals surface area contributed by atoms with Gasteiger partial charge in [-0.15, -0.1) is 0 Å². The highest BCUT2D eigenvalue weighted by Crippen LogP contribution is 2.34. The molecule has 0 aromatic heterocycles. The largest absolute Gasteiger partial charge is 0.497 e. The van der Waals surface area contributed by atoms with Crippen molar-refractivity contribution in [3.05, 3.63) is 29.3 Å². The Hall–Kier alpha value is -1.06. The van der Waals surface area contributed by atoms with Gasteiger partial charge in [-0.2, -0.15) is 0 Å². The van der Waals surface area contributed by atoms with Gasteiger partial charge in [0, 0.05) is 13.0 Å². The van der Waals surface area contributed by atoms with Gasteiger partial charge in [-0.05, 0) is 35.6 Å². The highest BCUT2D eigenvalue weighted by molar-refractivity contribution is 5.42. The molecule has 100 valence electrons. The molecule has 0 spiro atoms. The molecule has 0 saturated carbocycles.